The van der Waals surface area contributed by atoms with Crippen LogP contribution >= 0.6 is 0 Å². The molecule has 7 heteroatoms. The summed E-state index contributed by atoms with van der Waals surface area (Å²) in [5.74, 6) is 0.209. The van der Waals surface area contributed by atoms with Crippen molar-refractivity contribution in [2.75, 3.05) is 13.1 Å². The number of likely N-dealkylation sites (tertiary alicyclic amines) is 1. The molecule has 7 nitrogen and oxygen atoms in total. The van der Waals surface area contributed by atoms with Crippen LogP contribution in [0.5, 0.6) is 0 Å². The SMILES string of the molecule is CCC[C@H](CC(=O)O)NC(=O)N1CC(c2nc3ccccc3[nH]2)C1. The molecule has 1 aromatic carbocycles. The van der Waals surface area contributed by atoms with E-state index in [-0.39, 0.29) is 24.4 Å². The number of carboxylic acid groups (broad SMARTS) is 1. The molecule has 3 rings (SSSR count). The van der Waals surface area contributed by atoms with Crippen molar-refractivity contribution in [2.45, 2.75) is 38.1 Å². The highest BCUT2D eigenvalue weighted by Crippen LogP contribution is 2.26. The lowest BCUT2D eigenvalue weighted by molar-refractivity contribution is -0.137. The highest BCUT2D eigenvalue weighted by Gasteiger charge is 2.34. The first-order valence-electron chi connectivity index (χ1n) is 8.28. The molecule has 0 spiro atoms. The van der Waals surface area contributed by atoms with Crippen molar-refractivity contribution < 1.29 is 14.7 Å². The van der Waals surface area contributed by atoms with Gasteiger partial charge in [-0.2, -0.15) is 0 Å². The second-order valence-corrected chi connectivity index (χ2v) is 6.27. The molecule has 1 aliphatic rings. The van der Waals surface area contributed by atoms with Gasteiger partial charge in [-0.05, 0) is 18.6 Å². The Hall–Kier alpha value is -2.57. The molecular formula is C17H22N4O3. The molecule has 0 bridgehead atoms. The van der Waals surface area contributed by atoms with Crippen molar-refractivity contribution in [3.05, 3.63) is 30.1 Å². The molecule has 2 heterocycles. The fourth-order valence-electron chi connectivity index (χ4n) is 3.03. The summed E-state index contributed by atoms with van der Waals surface area (Å²) in [7, 11) is 0. The Morgan fingerprint density at radius 3 is 2.83 bits per heavy atom. The number of amides is 2. The zero-order valence-electron chi connectivity index (χ0n) is 13.7. The van der Waals surface area contributed by atoms with Crippen LogP contribution in [0.25, 0.3) is 11.0 Å². The number of benzene rings is 1. The quantitative estimate of drug-likeness (QED) is 0.757. The van der Waals surface area contributed by atoms with E-state index in [2.05, 4.69) is 15.3 Å². The third-order valence-corrected chi connectivity index (χ3v) is 4.35. The molecule has 0 radical (unpaired) electrons. The van der Waals surface area contributed by atoms with Gasteiger partial charge in [0.25, 0.3) is 0 Å². The van der Waals surface area contributed by atoms with E-state index in [4.69, 9.17) is 5.11 Å². The van der Waals surface area contributed by atoms with Gasteiger partial charge in [-0.1, -0.05) is 25.5 Å². The Bertz CT molecular complexity index is 703. The van der Waals surface area contributed by atoms with E-state index in [0.29, 0.717) is 19.5 Å². The summed E-state index contributed by atoms with van der Waals surface area (Å²) in [5.41, 5.74) is 1.93. The summed E-state index contributed by atoms with van der Waals surface area (Å²) >= 11 is 0. The number of nitrogens with zero attached hydrogens (tertiary/aromatic N) is 2. The van der Waals surface area contributed by atoms with Gasteiger partial charge in [-0.25, -0.2) is 9.78 Å². The smallest absolute Gasteiger partial charge is 0.317 e. The molecule has 1 atom stereocenters. The van der Waals surface area contributed by atoms with Crippen molar-refractivity contribution in [3.63, 3.8) is 0 Å². The van der Waals surface area contributed by atoms with Crippen molar-refractivity contribution in [3.8, 4) is 0 Å². The number of H-pyrrole nitrogens is 1. The summed E-state index contributed by atoms with van der Waals surface area (Å²) in [4.78, 5) is 32.7. The van der Waals surface area contributed by atoms with Gasteiger partial charge in [0.05, 0.1) is 23.4 Å². The summed E-state index contributed by atoms with van der Waals surface area (Å²) in [6.45, 7) is 3.16. The van der Waals surface area contributed by atoms with Crippen LogP contribution in [0.15, 0.2) is 24.3 Å². The first kappa shape index (κ1) is 16.3. The number of hydrogen-bond donors (Lipinski definition) is 3. The number of rotatable bonds is 6. The van der Waals surface area contributed by atoms with Gasteiger partial charge in [-0.15, -0.1) is 0 Å². The van der Waals surface area contributed by atoms with Gasteiger partial charge in [-0.3, -0.25) is 4.79 Å². The van der Waals surface area contributed by atoms with Crippen molar-refractivity contribution in [1.29, 1.82) is 0 Å². The largest absolute Gasteiger partial charge is 0.481 e. The lowest BCUT2D eigenvalue weighted by Gasteiger charge is -2.38. The lowest BCUT2D eigenvalue weighted by Crippen LogP contribution is -2.54. The molecule has 1 aromatic heterocycles. The molecule has 2 aromatic rings. The van der Waals surface area contributed by atoms with Gasteiger partial charge >= 0.3 is 12.0 Å². The fraction of sp³-hybridized carbons (Fsp3) is 0.471. The van der Waals surface area contributed by atoms with E-state index < -0.39 is 5.97 Å². The summed E-state index contributed by atoms with van der Waals surface area (Å²) < 4.78 is 0. The Labute approximate surface area is 140 Å². The Morgan fingerprint density at radius 1 is 1.42 bits per heavy atom. The number of imidazole rings is 1. The molecule has 1 aliphatic heterocycles. The van der Waals surface area contributed by atoms with Crippen molar-refractivity contribution in [2.24, 2.45) is 0 Å². The average molecular weight is 330 g/mol. The Kier molecular flexibility index (Phi) is 4.69. The first-order valence-corrected chi connectivity index (χ1v) is 8.28. The zero-order chi connectivity index (χ0) is 17.1. The number of carboxylic acids is 1. The van der Waals surface area contributed by atoms with Gasteiger partial charge in [0.2, 0.25) is 0 Å². The van der Waals surface area contributed by atoms with Crippen LogP contribution in [0.1, 0.15) is 37.9 Å². The third kappa shape index (κ3) is 3.50. The molecule has 2 amide bonds. The Morgan fingerprint density at radius 2 is 2.17 bits per heavy atom. The number of urea groups is 1. The summed E-state index contributed by atoms with van der Waals surface area (Å²) in [6.07, 6.45) is 1.46. The zero-order valence-corrected chi connectivity index (χ0v) is 13.7. The number of aromatic amines is 1. The van der Waals surface area contributed by atoms with E-state index >= 15 is 0 Å². The van der Waals surface area contributed by atoms with E-state index in [1.165, 1.54) is 0 Å². The predicted octanol–water partition coefficient (Wildman–Crippen LogP) is 2.32. The van der Waals surface area contributed by atoms with Crippen LogP contribution in [0, 0.1) is 0 Å². The number of aromatic nitrogens is 2. The highest BCUT2D eigenvalue weighted by molar-refractivity contribution is 5.77. The molecular weight excluding hydrogens is 308 g/mol. The molecule has 128 valence electrons. The number of fused-ring (bicyclic) bond motifs is 1. The van der Waals surface area contributed by atoms with Crippen molar-refractivity contribution >= 4 is 23.0 Å². The van der Waals surface area contributed by atoms with Crippen LogP contribution < -0.4 is 5.32 Å². The maximum atomic E-state index is 12.2. The minimum Gasteiger partial charge on any atom is -0.481 e. The predicted molar refractivity (Wildman–Crippen MR) is 89.9 cm³/mol. The minimum absolute atomic E-state index is 0.0412. The second kappa shape index (κ2) is 6.90. The molecule has 3 N–H and O–H groups in total. The van der Waals surface area contributed by atoms with E-state index in [1.54, 1.807) is 4.90 Å². The van der Waals surface area contributed by atoms with Crippen LogP contribution in [-0.2, 0) is 4.79 Å². The number of para-hydroxylation sites is 2. The molecule has 1 fully saturated rings. The highest BCUT2D eigenvalue weighted by atomic mass is 16.4. The molecule has 24 heavy (non-hydrogen) atoms. The molecule has 0 aliphatic carbocycles. The lowest BCUT2D eigenvalue weighted by atomic mass is 10.00. The number of carbonyl (C=O) groups is 2. The third-order valence-electron chi connectivity index (χ3n) is 4.35. The van der Waals surface area contributed by atoms with Crippen LogP contribution in [0.2, 0.25) is 0 Å². The van der Waals surface area contributed by atoms with Crippen LogP contribution in [-0.4, -0.2) is 51.1 Å². The number of carbonyl (C=O) groups excluding carboxylic acids is 1. The van der Waals surface area contributed by atoms with E-state index in [0.717, 1.165) is 23.3 Å². The molecule has 1 saturated heterocycles. The van der Waals surface area contributed by atoms with Gasteiger partial charge in [0.1, 0.15) is 5.82 Å². The number of aliphatic carboxylic acids is 1. The Balaban J connectivity index is 1.55. The standard InChI is InChI=1S/C17H22N4O3/c1-2-5-12(8-15(22)23)18-17(24)21-9-11(10-21)16-19-13-6-3-4-7-14(13)20-16/h3-4,6-7,11-12H,2,5,8-10H2,1H3,(H,18,24)(H,19,20)(H,22,23)/t12-/m1/s1. The maximum Gasteiger partial charge on any atom is 0.317 e. The monoisotopic (exact) mass is 330 g/mol. The molecule has 0 unspecified atom stereocenters. The minimum atomic E-state index is -0.891. The van der Waals surface area contributed by atoms with Crippen LogP contribution in [0.4, 0.5) is 4.79 Å². The first-order chi connectivity index (χ1) is 11.6. The average Bonchev–Trinajstić information content (AvgIpc) is 2.88. The topological polar surface area (TPSA) is 98.3 Å². The second-order valence-electron chi connectivity index (χ2n) is 6.27. The fourth-order valence-corrected chi connectivity index (χ4v) is 3.03. The van der Waals surface area contributed by atoms with Gasteiger partial charge in [0, 0.05) is 19.1 Å². The van der Waals surface area contributed by atoms with E-state index in [1.807, 2.05) is 31.2 Å². The number of hydrogen-bond acceptors (Lipinski definition) is 3. The van der Waals surface area contributed by atoms with Gasteiger partial charge < -0.3 is 20.3 Å². The summed E-state index contributed by atoms with van der Waals surface area (Å²) in [5, 5.41) is 11.7. The number of nitrogens with one attached hydrogen (secondary N) is 2. The summed E-state index contributed by atoms with van der Waals surface area (Å²) in [6, 6.07) is 7.34. The normalized spacial score (nSPS) is 16.0. The maximum absolute atomic E-state index is 12.2. The van der Waals surface area contributed by atoms with Gasteiger partial charge in [0.15, 0.2) is 0 Å². The molecule has 0 saturated carbocycles. The van der Waals surface area contributed by atoms with Crippen LogP contribution in [0.3, 0.4) is 0 Å². The van der Waals surface area contributed by atoms with E-state index in [9.17, 15) is 9.59 Å². The van der Waals surface area contributed by atoms with Crippen molar-refractivity contribution in [1.82, 2.24) is 20.2 Å².